The highest BCUT2D eigenvalue weighted by atomic mass is 79.9. The molecule has 1 N–H and O–H groups in total. The molecule has 1 unspecified atom stereocenters. The Hall–Kier alpha value is -2.81. The lowest BCUT2D eigenvalue weighted by Gasteiger charge is -2.32. The summed E-state index contributed by atoms with van der Waals surface area (Å²) in [5, 5.41) is 15.8. The molecule has 7 nitrogen and oxygen atoms in total. The van der Waals surface area contributed by atoms with E-state index in [1.165, 1.54) is 6.07 Å². The number of aryl methyl sites for hydroxylation is 2. The van der Waals surface area contributed by atoms with E-state index in [1.807, 2.05) is 36.9 Å². The van der Waals surface area contributed by atoms with Crippen LogP contribution in [0.3, 0.4) is 0 Å². The van der Waals surface area contributed by atoms with Gasteiger partial charge in [0.1, 0.15) is 5.82 Å². The van der Waals surface area contributed by atoms with Crippen molar-refractivity contribution in [3.8, 4) is 5.82 Å². The zero-order valence-electron chi connectivity index (χ0n) is 16.8. The normalized spacial score (nSPS) is 16.5. The summed E-state index contributed by atoms with van der Waals surface area (Å²) in [6.07, 6.45) is 1.60. The summed E-state index contributed by atoms with van der Waals surface area (Å²) >= 11 is 3.22. The van der Waals surface area contributed by atoms with E-state index in [9.17, 15) is 9.18 Å². The van der Waals surface area contributed by atoms with Gasteiger partial charge < -0.3 is 10.2 Å². The van der Waals surface area contributed by atoms with Gasteiger partial charge in [-0.1, -0.05) is 15.9 Å². The second-order valence-electron chi connectivity index (χ2n) is 7.49. The van der Waals surface area contributed by atoms with Gasteiger partial charge in [-0.05, 0) is 63.1 Å². The summed E-state index contributed by atoms with van der Waals surface area (Å²) < 4.78 is 16.4. The standard InChI is InChI=1S/C21H22BrFN6O/c1-13-10-14(2)29(27-13)20-8-7-19(25-26-20)28-9-3-4-15(12-28)21(30)24-18-6-5-16(22)11-17(18)23/h5-8,10-11,15H,3-4,9,12H2,1-2H3,(H,24,30). The zero-order chi connectivity index (χ0) is 21.3. The summed E-state index contributed by atoms with van der Waals surface area (Å²) in [5.74, 6) is 0.470. The number of amides is 1. The minimum Gasteiger partial charge on any atom is -0.354 e. The molecule has 9 heteroatoms. The van der Waals surface area contributed by atoms with Crippen LogP contribution in [0.25, 0.3) is 5.82 Å². The van der Waals surface area contributed by atoms with E-state index in [1.54, 1.807) is 16.8 Å². The van der Waals surface area contributed by atoms with Gasteiger partial charge in [0.2, 0.25) is 5.91 Å². The molecule has 0 bridgehead atoms. The number of anilines is 2. The van der Waals surface area contributed by atoms with Crippen molar-refractivity contribution in [2.45, 2.75) is 26.7 Å². The lowest BCUT2D eigenvalue weighted by molar-refractivity contribution is -0.120. The number of carbonyl (C=O) groups is 1. The second kappa shape index (κ2) is 8.51. The van der Waals surface area contributed by atoms with E-state index in [2.05, 4.69) is 36.5 Å². The highest BCUT2D eigenvalue weighted by Gasteiger charge is 2.27. The molecule has 1 saturated heterocycles. The van der Waals surface area contributed by atoms with Crippen molar-refractivity contribution >= 4 is 33.3 Å². The van der Waals surface area contributed by atoms with E-state index in [0.717, 1.165) is 30.8 Å². The van der Waals surface area contributed by atoms with Crippen molar-refractivity contribution in [2.24, 2.45) is 5.92 Å². The van der Waals surface area contributed by atoms with E-state index in [4.69, 9.17) is 0 Å². The van der Waals surface area contributed by atoms with E-state index in [-0.39, 0.29) is 17.5 Å². The van der Waals surface area contributed by atoms with Gasteiger partial charge >= 0.3 is 0 Å². The Labute approximate surface area is 182 Å². The molecule has 1 fully saturated rings. The number of carbonyl (C=O) groups excluding carboxylic acids is 1. The highest BCUT2D eigenvalue weighted by Crippen LogP contribution is 2.25. The van der Waals surface area contributed by atoms with Gasteiger partial charge in [-0.25, -0.2) is 9.07 Å². The first-order chi connectivity index (χ1) is 14.4. The summed E-state index contributed by atoms with van der Waals surface area (Å²) in [6.45, 7) is 5.21. The Kier molecular flexibility index (Phi) is 5.80. The molecule has 1 amide bonds. The first-order valence-corrected chi connectivity index (χ1v) is 10.6. The average Bonchev–Trinajstić information content (AvgIpc) is 3.08. The smallest absolute Gasteiger partial charge is 0.229 e. The molecule has 2 aromatic heterocycles. The molecule has 0 spiro atoms. The molecule has 4 rings (SSSR count). The van der Waals surface area contributed by atoms with Crippen LogP contribution < -0.4 is 10.2 Å². The number of nitrogens with zero attached hydrogens (tertiary/aromatic N) is 5. The predicted molar refractivity (Wildman–Crippen MR) is 116 cm³/mol. The summed E-state index contributed by atoms with van der Waals surface area (Å²) in [4.78, 5) is 14.7. The fourth-order valence-electron chi connectivity index (χ4n) is 3.69. The largest absolute Gasteiger partial charge is 0.354 e. The molecule has 30 heavy (non-hydrogen) atoms. The van der Waals surface area contributed by atoms with Gasteiger partial charge in [0, 0.05) is 23.3 Å². The topological polar surface area (TPSA) is 75.9 Å². The van der Waals surface area contributed by atoms with Gasteiger partial charge in [-0.2, -0.15) is 5.10 Å². The lowest BCUT2D eigenvalue weighted by atomic mass is 9.97. The zero-order valence-corrected chi connectivity index (χ0v) is 18.4. The first-order valence-electron chi connectivity index (χ1n) is 9.79. The summed E-state index contributed by atoms with van der Waals surface area (Å²) in [7, 11) is 0. The van der Waals surface area contributed by atoms with Gasteiger partial charge in [-0.15, -0.1) is 10.2 Å². The SMILES string of the molecule is Cc1cc(C)n(-c2ccc(N3CCCC(C(=O)Nc4ccc(Br)cc4F)C3)nn2)n1. The van der Waals surface area contributed by atoms with Gasteiger partial charge in [-0.3, -0.25) is 4.79 Å². The molecule has 0 radical (unpaired) electrons. The molecule has 0 saturated carbocycles. The maximum Gasteiger partial charge on any atom is 0.229 e. The average molecular weight is 473 g/mol. The lowest BCUT2D eigenvalue weighted by Crippen LogP contribution is -2.41. The number of hydrogen-bond donors (Lipinski definition) is 1. The molecule has 3 aromatic rings. The van der Waals surface area contributed by atoms with E-state index < -0.39 is 5.82 Å². The number of benzene rings is 1. The number of piperidine rings is 1. The Morgan fingerprint density at radius 1 is 1.17 bits per heavy atom. The van der Waals surface area contributed by atoms with Crippen LogP contribution in [0.15, 0.2) is 40.9 Å². The fourth-order valence-corrected chi connectivity index (χ4v) is 4.02. The summed E-state index contributed by atoms with van der Waals surface area (Å²) in [5.41, 5.74) is 2.10. The van der Waals surface area contributed by atoms with Crippen LogP contribution in [0.4, 0.5) is 15.9 Å². The minimum atomic E-state index is -0.462. The van der Waals surface area contributed by atoms with Gasteiger partial charge in [0.25, 0.3) is 0 Å². The number of aromatic nitrogens is 4. The molecule has 1 aliphatic rings. The van der Waals surface area contributed by atoms with Crippen molar-refractivity contribution in [1.82, 2.24) is 20.0 Å². The molecule has 1 atom stereocenters. The van der Waals surface area contributed by atoms with Crippen LogP contribution in [0.5, 0.6) is 0 Å². The van der Waals surface area contributed by atoms with Crippen LogP contribution in [0.2, 0.25) is 0 Å². The van der Waals surface area contributed by atoms with Crippen molar-refractivity contribution < 1.29 is 9.18 Å². The molecule has 3 heterocycles. The predicted octanol–water partition coefficient (Wildman–Crippen LogP) is 4.04. The minimum absolute atomic E-state index is 0.187. The third-order valence-corrected chi connectivity index (χ3v) is 5.66. The second-order valence-corrected chi connectivity index (χ2v) is 8.40. The third kappa shape index (κ3) is 4.35. The van der Waals surface area contributed by atoms with Crippen LogP contribution >= 0.6 is 15.9 Å². The van der Waals surface area contributed by atoms with E-state index >= 15 is 0 Å². The molecular weight excluding hydrogens is 451 g/mol. The van der Waals surface area contributed by atoms with Crippen LogP contribution in [0, 0.1) is 25.6 Å². The molecule has 0 aliphatic carbocycles. The number of halogens is 2. The molecular formula is C21H22BrFN6O. The number of rotatable bonds is 4. The van der Waals surface area contributed by atoms with Crippen LogP contribution in [0.1, 0.15) is 24.2 Å². The van der Waals surface area contributed by atoms with Gasteiger partial charge in [0.15, 0.2) is 11.6 Å². The van der Waals surface area contributed by atoms with E-state index in [0.29, 0.717) is 22.7 Å². The highest BCUT2D eigenvalue weighted by molar-refractivity contribution is 9.10. The van der Waals surface area contributed by atoms with Crippen LogP contribution in [-0.2, 0) is 4.79 Å². The first kappa shape index (κ1) is 20.5. The van der Waals surface area contributed by atoms with Crippen molar-refractivity contribution in [1.29, 1.82) is 0 Å². The van der Waals surface area contributed by atoms with Gasteiger partial charge in [0.05, 0.1) is 17.3 Å². The number of hydrogen-bond acceptors (Lipinski definition) is 5. The van der Waals surface area contributed by atoms with Crippen LogP contribution in [-0.4, -0.2) is 39.0 Å². The number of nitrogens with one attached hydrogen (secondary N) is 1. The summed E-state index contributed by atoms with van der Waals surface area (Å²) in [6, 6.07) is 10.4. The Morgan fingerprint density at radius 2 is 1.93 bits per heavy atom. The quantitative estimate of drug-likeness (QED) is 0.619. The monoisotopic (exact) mass is 472 g/mol. The third-order valence-electron chi connectivity index (χ3n) is 5.17. The van der Waals surface area contributed by atoms with Crippen molar-refractivity contribution in [3.05, 3.63) is 58.1 Å². The van der Waals surface area contributed by atoms with Crippen molar-refractivity contribution in [3.63, 3.8) is 0 Å². The Balaban J connectivity index is 1.44. The fraction of sp³-hybridized carbons (Fsp3) is 0.333. The Morgan fingerprint density at radius 3 is 2.60 bits per heavy atom. The molecule has 156 valence electrons. The maximum absolute atomic E-state index is 14.0. The van der Waals surface area contributed by atoms with Crippen molar-refractivity contribution in [2.75, 3.05) is 23.3 Å². The maximum atomic E-state index is 14.0. The molecule has 1 aliphatic heterocycles. The Bertz CT molecular complexity index is 1070. The molecule has 1 aromatic carbocycles.